The lowest BCUT2D eigenvalue weighted by molar-refractivity contribution is -0.384. The van der Waals surface area contributed by atoms with Crippen LogP contribution >= 0.6 is 0 Å². The molecule has 8 heteroatoms. The monoisotopic (exact) mass is 382 g/mol. The summed E-state index contributed by atoms with van der Waals surface area (Å²) in [5.41, 5.74) is 2.09. The van der Waals surface area contributed by atoms with Crippen LogP contribution in [0.5, 0.6) is 0 Å². The van der Waals surface area contributed by atoms with Gasteiger partial charge in [0.1, 0.15) is 5.69 Å². The number of nitro benzene ring substituents is 1. The van der Waals surface area contributed by atoms with Crippen LogP contribution < -0.4 is 15.5 Å². The van der Waals surface area contributed by atoms with E-state index in [4.69, 9.17) is 0 Å². The van der Waals surface area contributed by atoms with Gasteiger partial charge in [-0.2, -0.15) is 0 Å². The molecule has 1 aliphatic heterocycles. The molecule has 3 rings (SSSR count). The molecule has 8 nitrogen and oxygen atoms in total. The minimum Gasteiger partial charge on any atom is -0.366 e. The number of carbonyl (C=O) groups excluding carboxylic acids is 2. The van der Waals surface area contributed by atoms with Gasteiger partial charge in [0, 0.05) is 37.5 Å². The zero-order chi connectivity index (χ0) is 20.1. The molecule has 1 saturated heterocycles. The third-order valence-corrected chi connectivity index (χ3v) is 4.74. The quantitative estimate of drug-likeness (QED) is 0.590. The van der Waals surface area contributed by atoms with Crippen molar-refractivity contribution in [3.05, 3.63) is 63.7 Å². The van der Waals surface area contributed by atoms with Crippen molar-refractivity contribution in [2.75, 3.05) is 30.4 Å². The number of nitrogens with one attached hydrogen (secondary N) is 2. The van der Waals surface area contributed by atoms with Crippen LogP contribution in [0.4, 0.5) is 17.1 Å². The SMILES string of the molecule is CNC(=O)Cc1ccc(NC(=O)c2ccc(N3CCCC3)c([N+](=O)[O-])c2)cc1. The summed E-state index contributed by atoms with van der Waals surface area (Å²) < 4.78 is 0. The van der Waals surface area contributed by atoms with E-state index in [0.29, 0.717) is 11.4 Å². The summed E-state index contributed by atoms with van der Waals surface area (Å²) in [7, 11) is 1.57. The van der Waals surface area contributed by atoms with Crippen LogP contribution in [-0.4, -0.2) is 36.9 Å². The minimum absolute atomic E-state index is 0.0597. The van der Waals surface area contributed by atoms with E-state index >= 15 is 0 Å². The number of nitrogens with zero attached hydrogens (tertiary/aromatic N) is 2. The van der Waals surface area contributed by atoms with E-state index in [1.165, 1.54) is 6.07 Å². The molecule has 0 saturated carbocycles. The van der Waals surface area contributed by atoms with Gasteiger partial charge >= 0.3 is 0 Å². The Morgan fingerprint density at radius 3 is 2.39 bits per heavy atom. The first kappa shape index (κ1) is 19.3. The minimum atomic E-state index is -0.446. The van der Waals surface area contributed by atoms with Gasteiger partial charge in [0.15, 0.2) is 0 Å². The van der Waals surface area contributed by atoms with Gasteiger partial charge < -0.3 is 15.5 Å². The molecule has 2 aromatic carbocycles. The highest BCUT2D eigenvalue weighted by atomic mass is 16.6. The molecule has 0 bridgehead atoms. The first-order valence-corrected chi connectivity index (χ1v) is 9.12. The van der Waals surface area contributed by atoms with Crippen molar-refractivity contribution in [3.8, 4) is 0 Å². The van der Waals surface area contributed by atoms with Crippen molar-refractivity contribution in [1.82, 2.24) is 5.32 Å². The second kappa shape index (κ2) is 8.51. The lowest BCUT2D eigenvalue weighted by Crippen LogP contribution is -2.20. The maximum atomic E-state index is 12.5. The van der Waals surface area contributed by atoms with Gasteiger partial charge in [-0.25, -0.2) is 0 Å². The highest BCUT2D eigenvalue weighted by molar-refractivity contribution is 6.05. The molecule has 2 amide bonds. The first-order chi connectivity index (χ1) is 13.5. The summed E-state index contributed by atoms with van der Waals surface area (Å²) in [6, 6.07) is 11.5. The number of carbonyl (C=O) groups is 2. The Bertz CT molecular complexity index is 890. The number of benzene rings is 2. The number of hydrogen-bond donors (Lipinski definition) is 2. The van der Waals surface area contributed by atoms with E-state index < -0.39 is 10.8 Å². The van der Waals surface area contributed by atoms with Gasteiger partial charge in [-0.05, 0) is 42.7 Å². The zero-order valence-electron chi connectivity index (χ0n) is 15.6. The van der Waals surface area contributed by atoms with Crippen LogP contribution in [0.1, 0.15) is 28.8 Å². The van der Waals surface area contributed by atoms with E-state index in [9.17, 15) is 19.7 Å². The van der Waals surface area contributed by atoms with Crippen molar-refractivity contribution < 1.29 is 14.5 Å². The van der Waals surface area contributed by atoms with Crippen molar-refractivity contribution in [1.29, 1.82) is 0 Å². The number of hydrogen-bond acceptors (Lipinski definition) is 5. The van der Waals surface area contributed by atoms with Crippen molar-refractivity contribution in [2.45, 2.75) is 19.3 Å². The predicted molar refractivity (Wildman–Crippen MR) is 107 cm³/mol. The molecule has 0 unspecified atom stereocenters. The standard InChI is InChI=1S/C20H22N4O4/c1-21-19(25)12-14-4-7-16(8-5-14)22-20(26)15-6-9-17(18(13-15)24(27)28)23-10-2-3-11-23/h4-9,13H,2-3,10-12H2,1H3,(H,21,25)(H,22,26). The molecule has 1 fully saturated rings. The van der Waals surface area contributed by atoms with Crippen molar-refractivity contribution >= 4 is 28.9 Å². The number of anilines is 2. The Balaban J connectivity index is 1.74. The Morgan fingerprint density at radius 1 is 1.11 bits per heavy atom. The van der Waals surface area contributed by atoms with Crippen molar-refractivity contribution in [2.24, 2.45) is 0 Å². The van der Waals surface area contributed by atoms with Gasteiger partial charge in [-0.1, -0.05) is 12.1 Å². The van der Waals surface area contributed by atoms with Gasteiger partial charge in [0.2, 0.25) is 5.91 Å². The van der Waals surface area contributed by atoms with E-state index in [1.54, 1.807) is 43.4 Å². The molecular formula is C20H22N4O4. The van der Waals surface area contributed by atoms with Gasteiger partial charge in [-0.15, -0.1) is 0 Å². The van der Waals surface area contributed by atoms with E-state index in [1.807, 2.05) is 4.90 Å². The Kier molecular flexibility index (Phi) is 5.88. The van der Waals surface area contributed by atoms with Gasteiger partial charge in [0.05, 0.1) is 11.3 Å². The second-order valence-electron chi connectivity index (χ2n) is 6.66. The molecule has 28 heavy (non-hydrogen) atoms. The fourth-order valence-electron chi connectivity index (χ4n) is 3.22. The molecule has 1 aliphatic rings. The van der Waals surface area contributed by atoms with Crippen LogP contribution in [0.2, 0.25) is 0 Å². The molecule has 2 N–H and O–H groups in total. The molecule has 0 aromatic heterocycles. The predicted octanol–water partition coefficient (Wildman–Crippen LogP) is 2.74. The highest BCUT2D eigenvalue weighted by Crippen LogP contribution is 2.31. The largest absolute Gasteiger partial charge is 0.366 e. The van der Waals surface area contributed by atoms with Crippen LogP contribution in [0.25, 0.3) is 0 Å². The average molecular weight is 382 g/mol. The summed E-state index contributed by atoms with van der Waals surface area (Å²) in [6.07, 6.45) is 2.28. The zero-order valence-corrected chi connectivity index (χ0v) is 15.6. The summed E-state index contributed by atoms with van der Waals surface area (Å²) in [5.74, 6) is -0.516. The lowest BCUT2D eigenvalue weighted by atomic mass is 10.1. The van der Waals surface area contributed by atoms with E-state index in [0.717, 1.165) is 31.5 Å². The van der Waals surface area contributed by atoms with Crippen LogP contribution in [-0.2, 0) is 11.2 Å². The average Bonchev–Trinajstić information content (AvgIpc) is 3.23. The van der Waals surface area contributed by atoms with Gasteiger partial charge in [0.25, 0.3) is 11.6 Å². The van der Waals surface area contributed by atoms with Crippen LogP contribution in [0.15, 0.2) is 42.5 Å². The Labute approximate surface area is 162 Å². The summed E-state index contributed by atoms with van der Waals surface area (Å²) in [4.78, 5) is 36.9. The fourth-order valence-corrected chi connectivity index (χ4v) is 3.22. The number of amides is 2. The van der Waals surface area contributed by atoms with Crippen LogP contribution in [0.3, 0.4) is 0 Å². The number of nitro groups is 1. The third-order valence-electron chi connectivity index (χ3n) is 4.74. The summed E-state index contributed by atoms with van der Waals surface area (Å²) in [5, 5.41) is 16.8. The molecule has 0 radical (unpaired) electrons. The molecule has 0 aliphatic carbocycles. The third kappa shape index (κ3) is 4.46. The molecule has 146 valence electrons. The van der Waals surface area contributed by atoms with Crippen molar-refractivity contribution in [3.63, 3.8) is 0 Å². The summed E-state index contributed by atoms with van der Waals surface area (Å²) >= 11 is 0. The lowest BCUT2D eigenvalue weighted by Gasteiger charge is -2.17. The molecular weight excluding hydrogens is 360 g/mol. The fraction of sp³-hybridized carbons (Fsp3) is 0.300. The molecule has 0 spiro atoms. The molecule has 2 aromatic rings. The smallest absolute Gasteiger partial charge is 0.293 e. The van der Waals surface area contributed by atoms with Crippen LogP contribution in [0, 0.1) is 10.1 Å². The van der Waals surface area contributed by atoms with E-state index in [2.05, 4.69) is 10.6 Å². The number of rotatable bonds is 6. The molecule has 1 heterocycles. The Morgan fingerprint density at radius 2 is 1.79 bits per heavy atom. The molecule has 0 atom stereocenters. The Hall–Kier alpha value is -3.42. The summed E-state index contributed by atoms with van der Waals surface area (Å²) in [6.45, 7) is 1.57. The normalized spacial score (nSPS) is 13.2. The maximum Gasteiger partial charge on any atom is 0.293 e. The van der Waals surface area contributed by atoms with Gasteiger partial charge in [-0.3, -0.25) is 19.7 Å². The topological polar surface area (TPSA) is 105 Å². The maximum absolute atomic E-state index is 12.5. The first-order valence-electron chi connectivity index (χ1n) is 9.12. The van der Waals surface area contributed by atoms with E-state index in [-0.39, 0.29) is 23.6 Å². The number of likely N-dealkylation sites (N-methyl/N-ethyl adjacent to an activating group) is 1. The second-order valence-corrected chi connectivity index (χ2v) is 6.66. The highest BCUT2D eigenvalue weighted by Gasteiger charge is 2.23.